The fourth-order valence-corrected chi connectivity index (χ4v) is 4.87. The lowest BCUT2D eigenvalue weighted by atomic mass is 9.85. The number of hydrogen-bond donors (Lipinski definition) is 1. The minimum atomic E-state index is -0.833. The number of Topliss-reactive ketones (excluding diaryl/α,β-unsaturated/α-hetero) is 1. The van der Waals surface area contributed by atoms with E-state index in [2.05, 4.69) is 20.8 Å². The summed E-state index contributed by atoms with van der Waals surface area (Å²) in [6.07, 6.45) is 0. The summed E-state index contributed by atoms with van der Waals surface area (Å²) in [4.78, 5) is 28.4. The van der Waals surface area contributed by atoms with Crippen LogP contribution < -0.4 is 9.47 Å². The SMILES string of the molecule is CCOc1ccc(Cl)c(/C(O)=C2\C(=O)C(=O)N(Cc3ccccc3OC)C2c2ccc(C(C)(C)C)cc2)c1. The molecule has 0 aromatic heterocycles. The van der Waals surface area contributed by atoms with E-state index in [1.807, 2.05) is 49.4 Å². The highest BCUT2D eigenvalue weighted by atomic mass is 35.5. The molecule has 1 aliphatic rings. The van der Waals surface area contributed by atoms with Crippen LogP contribution in [0.1, 0.15) is 56.0 Å². The molecule has 1 N–H and O–H groups in total. The fraction of sp³-hybridized carbons (Fsp3) is 0.290. The van der Waals surface area contributed by atoms with Crippen LogP contribution in [0.3, 0.4) is 0 Å². The van der Waals surface area contributed by atoms with Crippen molar-refractivity contribution in [3.8, 4) is 11.5 Å². The number of ketones is 1. The lowest BCUT2D eigenvalue weighted by molar-refractivity contribution is -0.140. The lowest BCUT2D eigenvalue weighted by Gasteiger charge is -2.27. The molecule has 1 aliphatic heterocycles. The fourth-order valence-electron chi connectivity index (χ4n) is 4.66. The quantitative estimate of drug-likeness (QED) is 0.208. The third-order valence-electron chi connectivity index (χ3n) is 6.67. The second kappa shape index (κ2) is 10.9. The number of methoxy groups -OCH3 is 1. The van der Waals surface area contributed by atoms with Gasteiger partial charge in [0.05, 0.1) is 36.9 Å². The topological polar surface area (TPSA) is 76.1 Å². The molecule has 0 saturated carbocycles. The molecule has 0 radical (unpaired) electrons. The number of amides is 1. The molecule has 0 bridgehead atoms. The Morgan fingerprint density at radius 1 is 1.03 bits per heavy atom. The second-order valence-corrected chi connectivity index (χ2v) is 10.6. The van der Waals surface area contributed by atoms with Gasteiger partial charge in [-0.25, -0.2) is 0 Å². The summed E-state index contributed by atoms with van der Waals surface area (Å²) in [6, 6.07) is 19.1. The molecule has 38 heavy (non-hydrogen) atoms. The third-order valence-corrected chi connectivity index (χ3v) is 7.00. The van der Waals surface area contributed by atoms with Crippen molar-refractivity contribution < 1.29 is 24.2 Å². The molecule has 1 heterocycles. The zero-order valence-corrected chi connectivity index (χ0v) is 23.0. The van der Waals surface area contributed by atoms with Crippen LogP contribution in [-0.2, 0) is 21.5 Å². The Bertz CT molecular complexity index is 1390. The Hall–Kier alpha value is -3.77. The maximum atomic E-state index is 13.5. The van der Waals surface area contributed by atoms with E-state index >= 15 is 0 Å². The first-order chi connectivity index (χ1) is 18.1. The molecule has 4 rings (SSSR count). The van der Waals surface area contributed by atoms with Crippen LogP contribution in [0.25, 0.3) is 5.76 Å². The predicted molar refractivity (Wildman–Crippen MR) is 149 cm³/mol. The van der Waals surface area contributed by atoms with Crippen LogP contribution >= 0.6 is 11.6 Å². The van der Waals surface area contributed by atoms with E-state index in [-0.39, 0.29) is 33.9 Å². The average molecular weight is 534 g/mol. The number of benzene rings is 3. The minimum absolute atomic E-state index is 0.0241. The average Bonchev–Trinajstić information content (AvgIpc) is 3.14. The molecule has 198 valence electrons. The summed E-state index contributed by atoms with van der Waals surface area (Å²) >= 11 is 6.45. The summed E-state index contributed by atoms with van der Waals surface area (Å²) < 4.78 is 11.1. The number of likely N-dealkylation sites (tertiary alicyclic amines) is 1. The highest BCUT2D eigenvalue weighted by Gasteiger charge is 2.46. The van der Waals surface area contributed by atoms with E-state index in [1.165, 1.54) is 4.90 Å². The predicted octanol–water partition coefficient (Wildman–Crippen LogP) is 6.67. The Morgan fingerprint density at radius 2 is 1.71 bits per heavy atom. The van der Waals surface area contributed by atoms with E-state index in [1.54, 1.807) is 31.4 Å². The number of para-hydroxylation sites is 1. The van der Waals surface area contributed by atoms with E-state index in [0.717, 1.165) is 11.1 Å². The third kappa shape index (κ3) is 5.27. The van der Waals surface area contributed by atoms with Crippen LogP contribution in [0.5, 0.6) is 11.5 Å². The molecular formula is C31H32ClNO5. The van der Waals surface area contributed by atoms with Gasteiger partial charge in [0.1, 0.15) is 17.3 Å². The van der Waals surface area contributed by atoms with Crippen molar-refractivity contribution in [1.29, 1.82) is 0 Å². The first-order valence-electron chi connectivity index (χ1n) is 12.5. The zero-order chi connectivity index (χ0) is 27.6. The van der Waals surface area contributed by atoms with Crippen LogP contribution in [0.4, 0.5) is 0 Å². The Kier molecular flexibility index (Phi) is 7.83. The number of halogens is 1. The molecule has 7 heteroatoms. The minimum Gasteiger partial charge on any atom is -0.507 e. The normalized spacial score (nSPS) is 17.1. The van der Waals surface area contributed by atoms with Crippen molar-refractivity contribution in [2.24, 2.45) is 0 Å². The molecular weight excluding hydrogens is 502 g/mol. The summed E-state index contributed by atoms with van der Waals surface area (Å²) in [5.41, 5.74) is 2.67. The summed E-state index contributed by atoms with van der Waals surface area (Å²) in [5.74, 6) is -0.738. The van der Waals surface area contributed by atoms with Crippen molar-refractivity contribution in [2.75, 3.05) is 13.7 Å². The number of carbonyl (C=O) groups is 2. The van der Waals surface area contributed by atoms with Gasteiger partial charge in [-0.05, 0) is 47.7 Å². The molecule has 1 unspecified atom stereocenters. The largest absolute Gasteiger partial charge is 0.507 e. The standard InChI is InChI=1S/C31H32ClNO5/c1-6-38-22-15-16-24(32)23(17-22)28(34)26-27(19-11-13-21(14-12-19)31(2,3)4)33(30(36)29(26)35)18-20-9-7-8-10-25(20)37-5/h7-17,27,34H,6,18H2,1-5H3/b28-26+. The Morgan fingerprint density at radius 3 is 2.34 bits per heavy atom. The van der Waals surface area contributed by atoms with E-state index in [9.17, 15) is 14.7 Å². The maximum absolute atomic E-state index is 13.5. The van der Waals surface area contributed by atoms with Gasteiger partial charge in [0.25, 0.3) is 11.7 Å². The van der Waals surface area contributed by atoms with Gasteiger partial charge in [0.15, 0.2) is 0 Å². The van der Waals surface area contributed by atoms with Crippen LogP contribution in [0.15, 0.2) is 72.3 Å². The monoisotopic (exact) mass is 533 g/mol. The van der Waals surface area contributed by atoms with Gasteiger partial charge >= 0.3 is 0 Å². The molecule has 3 aromatic carbocycles. The number of carbonyl (C=O) groups excluding carboxylic acids is 2. The number of aliphatic hydroxyl groups excluding tert-OH is 1. The van der Waals surface area contributed by atoms with Crippen LogP contribution in [0, 0.1) is 0 Å². The molecule has 1 fully saturated rings. The number of ether oxygens (including phenoxy) is 2. The van der Waals surface area contributed by atoms with Crippen molar-refractivity contribution in [3.63, 3.8) is 0 Å². The summed E-state index contributed by atoms with van der Waals surface area (Å²) in [6.45, 7) is 8.73. The second-order valence-electron chi connectivity index (χ2n) is 10.2. The molecule has 3 aromatic rings. The zero-order valence-electron chi connectivity index (χ0n) is 22.2. The smallest absolute Gasteiger partial charge is 0.295 e. The van der Waals surface area contributed by atoms with Gasteiger partial charge in [-0.15, -0.1) is 0 Å². The van der Waals surface area contributed by atoms with Crippen LogP contribution in [0.2, 0.25) is 5.02 Å². The highest BCUT2D eigenvalue weighted by molar-refractivity contribution is 6.47. The van der Waals surface area contributed by atoms with Gasteiger partial charge in [0, 0.05) is 11.1 Å². The Balaban J connectivity index is 1.90. The van der Waals surface area contributed by atoms with Crippen molar-refractivity contribution >= 4 is 29.1 Å². The van der Waals surface area contributed by atoms with Crippen molar-refractivity contribution in [3.05, 3.63) is 99.6 Å². The number of aliphatic hydroxyl groups is 1. The molecule has 0 aliphatic carbocycles. The first kappa shape index (κ1) is 27.3. The van der Waals surface area contributed by atoms with E-state index in [4.69, 9.17) is 21.1 Å². The number of hydrogen-bond acceptors (Lipinski definition) is 5. The van der Waals surface area contributed by atoms with Crippen molar-refractivity contribution in [1.82, 2.24) is 4.90 Å². The first-order valence-corrected chi connectivity index (χ1v) is 12.9. The number of nitrogens with zero attached hydrogens (tertiary/aromatic N) is 1. The molecule has 1 amide bonds. The highest BCUT2D eigenvalue weighted by Crippen LogP contribution is 2.42. The summed E-state index contributed by atoms with van der Waals surface area (Å²) in [5, 5.41) is 11.7. The van der Waals surface area contributed by atoms with Crippen molar-refractivity contribution in [2.45, 2.75) is 45.7 Å². The van der Waals surface area contributed by atoms with Gasteiger partial charge in [0.2, 0.25) is 0 Å². The Labute approximate surface area is 228 Å². The molecule has 1 saturated heterocycles. The van der Waals surface area contributed by atoms with Gasteiger partial charge in [-0.3, -0.25) is 9.59 Å². The molecule has 6 nitrogen and oxygen atoms in total. The van der Waals surface area contributed by atoms with E-state index < -0.39 is 17.7 Å². The van der Waals surface area contributed by atoms with Gasteiger partial charge in [-0.2, -0.15) is 0 Å². The molecule has 1 atom stereocenters. The maximum Gasteiger partial charge on any atom is 0.295 e. The van der Waals surface area contributed by atoms with Gasteiger partial charge in [-0.1, -0.05) is 74.8 Å². The summed E-state index contributed by atoms with van der Waals surface area (Å²) in [7, 11) is 1.56. The lowest BCUT2D eigenvalue weighted by Crippen LogP contribution is -2.29. The van der Waals surface area contributed by atoms with E-state index in [0.29, 0.717) is 23.7 Å². The molecule has 0 spiro atoms. The van der Waals surface area contributed by atoms with Crippen LogP contribution in [-0.4, -0.2) is 35.4 Å². The number of rotatable bonds is 7. The van der Waals surface area contributed by atoms with Gasteiger partial charge < -0.3 is 19.5 Å².